The highest BCUT2D eigenvalue weighted by Gasteiger charge is 2.16. The van der Waals surface area contributed by atoms with Crippen LogP contribution in [0.4, 0.5) is 22.7 Å². The molecule has 0 bridgehead atoms. The summed E-state index contributed by atoms with van der Waals surface area (Å²) in [5.41, 5.74) is 2.30. The third-order valence-electron chi connectivity index (χ3n) is 3.62. The van der Waals surface area contributed by atoms with Gasteiger partial charge in [-0.25, -0.2) is 0 Å². The number of hydrogen-bond acceptors (Lipinski definition) is 4. The second kappa shape index (κ2) is 8.25. The van der Waals surface area contributed by atoms with Crippen LogP contribution in [0.25, 0.3) is 0 Å². The Bertz CT molecular complexity index is 960. The molecule has 2 amide bonds. The molecule has 0 aliphatic heterocycles. The predicted octanol–water partition coefficient (Wildman–Crippen LogP) is 4.37. The molecule has 0 spiro atoms. The predicted molar refractivity (Wildman–Crippen MR) is 107 cm³/mol. The lowest BCUT2D eigenvalue weighted by molar-refractivity contribution is -0.133. The zero-order valence-electron chi connectivity index (χ0n) is 14.1. The summed E-state index contributed by atoms with van der Waals surface area (Å²) in [5.74, 6) is -1.96. The van der Waals surface area contributed by atoms with Crippen molar-refractivity contribution < 1.29 is 14.7 Å². The lowest BCUT2D eigenvalue weighted by atomic mass is 10.2. The molecule has 4 N–H and O–H groups in total. The highest BCUT2D eigenvalue weighted by Crippen LogP contribution is 2.26. The average molecular weight is 382 g/mol. The van der Waals surface area contributed by atoms with Crippen molar-refractivity contribution in [1.29, 1.82) is 0 Å². The van der Waals surface area contributed by atoms with Gasteiger partial charge in [-0.2, -0.15) is 0 Å². The summed E-state index contributed by atoms with van der Waals surface area (Å²) in [6.45, 7) is 0. The van der Waals surface area contributed by atoms with Crippen LogP contribution in [0.15, 0.2) is 72.8 Å². The zero-order chi connectivity index (χ0) is 19.2. The van der Waals surface area contributed by atoms with Gasteiger partial charge >= 0.3 is 11.8 Å². The van der Waals surface area contributed by atoms with Crippen molar-refractivity contribution in [2.75, 3.05) is 16.0 Å². The van der Waals surface area contributed by atoms with Crippen LogP contribution in [0, 0.1) is 0 Å². The fourth-order valence-corrected chi connectivity index (χ4v) is 2.47. The van der Waals surface area contributed by atoms with Gasteiger partial charge in [0.25, 0.3) is 0 Å². The Labute approximate surface area is 160 Å². The minimum Gasteiger partial charge on any atom is -0.506 e. The van der Waals surface area contributed by atoms with Gasteiger partial charge in [0.1, 0.15) is 5.75 Å². The number of amides is 2. The van der Waals surface area contributed by atoms with Gasteiger partial charge in [-0.1, -0.05) is 29.8 Å². The number of anilines is 4. The third-order valence-corrected chi connectivity index (χ3v) is 3.85. The first-order valence-electron chi connectivity index (χ1n) is 8.04. The number of benzene rings is 3. The Morgan fingerprint density at radius 1 is 0.741 bits per heavy atom. The number of para-hydroxylation sites is 1. The van der Waals surface area contributed by atoms with Gasteiger partial charge in [-0.15, -0.1) is 0 Å². The SMILES string of the molecule is O=C(Nc1ccc(Nc2ccccc2)cc1)C(=O)Nc1cc(Cl)ccc1O. The summed E-state index contributed by atoms with van der Waals surface area (Å²) in [7, 11) is 0. The number of halogens is 1. The van der Waals surface area contributed by atoms with Gasteiger partial charge in [0.05, 0.1) is 5.69 Å². The monoisotopic (exact) mass is 381 g/mol. The average Bonchev–Trinajstić information content (AvgIpc) is 2.67. The van der Waals surface area contributed by atoms with Crippen LogP contribution in [0.1, 0.15) is 0 Å². The molecule has 0 aliphatic rings. The molecule has 0 aromatic heterocycles. The Hall–Kier alpha value is -3.51. The molecule has 6 nitrogen and oxygen atoms in total. The van der Waals surface area contributed by atoms with E-state index < -0.39 is 11.8 Å². The van der Waals surface area contributed by atoms with Crippen molar-refractivity contribution in [1.82, 2.24) is 0 Å². The molecule has 0 radical (unpaired) electrons. The van der Waals surface area contributed by atoms with E-state index in [1.165, 1.54) is 18.2 Å². The molecule has 0 fully saturated rings. The van der Waals surface area contributed by atoms with Crippen molar-refractivity contribution in [3.63, 3.8) is 0 Å². The summed E-state index contributed by atoms with van der Waals surface area (Å²) in [4.78, 5) is 24.0. The molecule has 0 aliphatic carbocycles. The molecule has 0 saturated carbocycles. The van der Waals surface area contributed by atoms with Crippen LogP contribution in [0.3, 0.4) is 0 Å². The second-order valence-electron chi connectivity index (χ2n) is 5.64. The van der Waals surface area contributed by atoms with E-state index in [9.17, 15) is 14.7 Å². The van der Waals surface area contributed by atoms with E-state index >= 15 is 0 Å². The number of nitrogens with one attached hydrogen (secondary N) is 3. The largest absolute Gasteiger partial charge is 0.506 e. The topological polar surface area (TPSA) is 90.5 Å². The maximum atomic E-state index is 12.0. The number of aromatic hydroxyl groups is 1. The van der Waals surface area contributed by atoms with Crippen LogP contribution in [-0.4, -0.2) is 16.9 Å². The number of hydrogen-bond donors (Lipinski definition) is 4. The molecule has 0 heterocycles. The molecule has 3 aromatic carbocycles. The smallest absolute Gasteiger partial charge is 0.314 e. The van der Waals surface area contributed by atoms with Gasteiger partial charge in [0.15, 0.2) is 0 Å². The summed E-state index contributed by atoms with van der Waals surface area (Å²) >= 11 is 5.81. The van der Waals surface area contributed by atoms with E-state index in [1.807, 2.05) is 30.3 Å². The maximum Gasteiger partial charge on any atom is 0.314 e. The van der Waals surface area contributed by atoms with Crippen molar-refractivity contribution >= 4 is 46.2 Å². The molecule has 0 atom stereocenters. The van der Waals surface area contributed by atoms with Gasteiger partial charge < -0.3 is 21.1 Å². The van der Waals surface area contributed by atoms with Crippen molar-refractivity contribution in [3.8, 4) is 5.75 Å². The Balaban J connectivity index is 1.60. The fraction of sp³-hybridized carbons (Fsp3) is 0. The normalized spacial score (nSPS) is 10.1. The van der Waals surface area contributed by atoms with Crippen LogP contribution < -0.4 is 16.0 Å². The number of phenolic OH excluding ortho intramolecular Hbond substituents is 1. The van der Waals surface area contributed by atoms with Crippen LogP contribution in [-0.2, 0) is 9.59 Å². The summed E-state index contributed by atoms with van der Waals surface area (Å²) in [6, 6.07) is 20.7. The lowest BCUT2D eigenvalue weighted by Gasteiger charge is -2.10. The van der Waals surface area contributed by atoms with Crippen LogP contribution >= 0.6 is 11.6 Å². The number of rotatable bonds is 4. The highest BCUT2D eigenvalue weighted by molar-refractivity contribution is 6.44. The van der Waals surface area contributed by atoms with Gasteiger partial charge in [0, 0.05) is 22.1 Å². The zero-order valence-corrected chi connectivity index (χ0v) is 14.8. The minimum atomic E-state index is -0.918. The van der Waals surface area contributed by atoms with Gasteiger partial charge in [-0.3, -0.25) is 9.59 Å². The molecule has 0 saturated heterocycles. The summed E-state index contributed by atoms with van der Waals surface area (Å²) in [5, 5.41) is 18.0. The third kappa shape index (κ3) is 4.99. The molecular weight excluding hydrogens is 366 g/mol. The van der Waals surface area contributed by atoms with E-state index in [0.717, 1.165) is 11.4 Å². The summed E-state index contributed by atoms with van der Waals surface area (Å²) in [6.07, 6.45) is 0. The van der Waals surface area contributed by atoms with Crippen molar-refractivity contribution in [3.05, 3.63) is 77.8 Å². The van der Waals surface area contributed by atoms with Crippen molar-refractivity contribution in [2.45, 2.75) is 0 Å². The quantitative estimate of drug-likeness (QED) is 0.399. The number of carbonyl (C=O) groups is 2. The lowest BCUT2D eigenvalue weighted by Crippen LogP contribution is -2.29. The maximum absolute atomic E-state index is 12.0. The fourth-order valence-electron chi connectivity index (χ4n) is 2.30. The second-order valence-corrected chi connectivity index (χ2v) is 6.07. The Morgan fingerprint density at radius 3 is 2.04 bits per heavy atom. The number of carbonyl (C=O) groups excluding carboxylic acids is 2. The number of phenols is 1. The van der Waals surface area contributed by atoms with E-state index in [-0.39, 0.29) is 11.4 Å². The minimum absolute atomic E-state index is 0.0602. The summed E-state index contributed by atoms with van der Waals surface area (Å²) < 4.78 is 0. The standard InChI is InChI=1S/C20H16ClN3O3/c21-13-6-11-18(25)17(12-13)24-20(27)19(26)23-16-9-7-15(8-10-16)22-14-4-2-1-3-5-14/h1-12,22,25H,(H,23,26)(H,24,27). The molecular formula is C20H16ClN3O3. The molecule has 3 aromatic rings. The molecule has 0 unspecified atom stereocenters. The van der Waals surface area contributed by atoms with E-state index in [4.69, 9.17) is 11.6 Å². The van der Waals surface area contributed by atoms with Gasteiger partial charge in [-0.05, 0) is 54.6 Å². The van der Waals surface area contributed by atoms with E-state index in [0.29, 0.717) is 10.7 Å². The van der Waals surface area contributed by atoms with Crippen LogP contribution in [0.2, 0.25) is 5.02 Å². The van der Waals surface area contributed by atoms with Crippen LogP contribution in [0.5, 0.6) is 5.75 Å². The van der Waals surface area contributed by atoms with E-state index in [1.54, 1.807) is 24.3 Å². The molecule has 136 valence electrons. The highest BCUT2D eigenvalue weighted by atomic mass is 35.5. The molecule has 7 heteroatoms. The Morgan fingerprint density at radius 2 is 1.33 bits per heavy atom. The first-order valence-corrected chi connectivity index (χ1v) is 8.42. The van der Waals surface area contributed by atoms with E-state index in [2.05, 4.69) is 16.0 Å². The first kappa shape index (κ1) is 18.3. The molecule has 3 rings (SSSR count). The Kier molecular flexibility index (Phi) is 5.58. The molecule has 27 heavy (non-hydrogen) atoms. The van der Waals surface area contributed by atoms with Gasteiger partial charge in [0.2, 0.25) is 0 Å². The first-order chi connectivity index (χ1) is 13.0. The van der Waals surface area contributed by atoms with Crippen molar-refractivity contribution in [2.24, 2.45) is 0 Å².